The highest BCUT2D eigenvalue weighted by molar-refractivity contribution is 5.43. The summed E-state index contributed by atoms with van der Waals surface area (Å²) in [7, 11) is 0. The first kappa shape index (κ1) is 12.3. The van der Waals surface area contributed by atoms with Gasteiger partial charge in [-0.2, -0.15) is 13.2 Å². The molecule has 0 aliphatic rings. The summed E-state index contributed by atoms with van der Waals surface area (Å²) in [4.78, 5) is 0. The van der Waals surface area contributed by atoms with Crippen molar-refractivity contribution in [2.75, 3.05) is 5.73 Å². The van der Waals surface area contributed by atoms with Crippen LogP contribution in [0.5, 0.6) is 11.5 Å². The van der Waals surface area contributed by atoms with Gasteiger partial charge in [-0.1, -0.05) is 0 Å². The molecule has 0 spiro atoms. The van der Waals surface area contributed by atoms with E-state index in [0.29, 0.717) is 17.2 Å². The Morgan fingerprint density at radius 3 is 1.67 bits per heavy atom. The third-order valence-corrected chi connectivity index (χ3v) is 2.30. The smallest absolute Gasteiger partial charge is 0.416 e. The molecule has 2 N–H and O–H groups in total. The van der Waals surface area contributed by atoms with E-state index >= 15 is 0 Å². The van der Waals surface area contributed by atoms with Crippen LogP contribution in [0.4, 0.5) is 18.9 Å². The van der Waals surface area contributed by atoms with E-state index in [-0.39, 0.29) is 0 Å². The SMILES string of the molecule is Nc1ccc(Oc2ccc(C(F)(F)F)cc2)cc1. The Morgan fingerprint density at radius 1 is 0.778 bits per heavy atom. The molecule has 0 fully saturated rings. The molecule has 0 aromatic heterocycles. The number of anilines is 1. The summed E-state index contributed by atoms with van der Waals surface area (Å²) in [5.41, 5.74) is 5.40. The maximum Gasteiger partial charge on any atom is 0.416 e. The molecule has 0 radical (unpaired) electrons. The molecule has 5 heteroatoms. The first-order chi connectivity index (χ1) is 8.45. The second-order valence-electron chi connectivity index (χ2n) is 3.69. The lowest BCUT2D eigenvalue weighted by Gasteiger charge is -2.09. The fraction of sp³-hybridized carbons (Fsp3) is 0.0769. The van der Waals surface area contributed by atoms with Crippen LogP contribution >= 0.6 is 0 Å². The number of nitrogens with two attached hydrogens (primary N) is 1. The molecule has 0 amide bonds. The maximum absolute atomic E-state index is 12.3. The number of halogens is 3. The highest BCUT2D eigenvalue weighted by Crippen LogP contribution is 2.31. The van der Waals surface area contributed by atoms with Crippen LogP contribution in [0.3, 0.4) is 0 Å². The molecule has 0 aliphatic carbocycles. The molecule has 2 rings (SSSR count). The van der Waals surface area contributed by atoms with Crippen LogP contribution < -0.4 is 10.5 Å². The monoisotopic (exact) mass is 253 g/mol. The lowest BCUT2D eigenvalue weighted by atomic mass is 10.2. The summed E-state index contributed by atoms with van der Waals surface area (Å²) in [5.74, 6) is 0.858. The number of rotatable bonds is 2. The molecule has 0 unspecified atom stereocenters. The number of alkyl halides is 3. The highest BCUT2D eigenvalue weighted by atomic mass is 19.4. The van der Waals surface area contributed by atoms with Gasteiger partial charge in [-0.25, -0.2) is 0 Å². The zero-order valence-corrected chi connectivity index (χ0v) is 9.24. The average molecular weight is 253 g/mol. The quantitative estimate of drug-likeness (QED) is 0.818. The van der Waals surface area contributed by atoms with Crippen molar-refractivity contribution in [2.45, 2.75) is 6.18 Å². The number of ether oxygens (including phenoxy) is 1. The molecule has 94 valence electrons. The van der Waals surface area contributed by atoms with Gasteiger partial charge in [-0.3, -0.25) is 0 Å². The lowest BCUT2D eigenvalue weighted by molar-refractivity contribution is -0.137. The molecule has 0 atom stereocenters. The van der Waals surface area contributed by atoms with Crippen LogP contribution in [0, 0.1) is 0 Å². The van der Waals surface area contributed by atoms with Gasteiger partial charge in [0.15, 0.2) is 0 Å². The summed E-state index contributed by atoms with van der Waals surface area (Å²) >= 11 is 0. The van der Waals surface area contributed by atoms with Gasteiger partial charge in [0.25, 0.3) is 0 Å². The third kappa shape index (κ3) is 2.94. The van der Waals surface area contributed by atoms with Gasteiger partial charge in [0.2, 0.25) is 0 Å². The predicted octanol–water partition coefficient (Wildman–Crippen LogP) is 4.08. The van der Waals surface area contributed by atoms with Crippen LogP contribution in [0.1, 0.15) is 5.56 Å². The highest BCUT2D eigenvalue weighted by Gasteiger charge is 2.29. The van der Waals surface area contributed by atoms with Crippen LogP contribution in [-0.2, 0) is 6.18 Å². The fourth-order valence-corrected chi connectivity index (χ4v) is 1.38. The maximum atomic E-state index is 12.3. The van der Waals surface area contributed by atoms with E-state index in [2.05, 4.69) is 0 Å². The van der Waals surface area contributed by atoms with Crippen LogP contribution in [-0.4, -0.2) is 0 Å². The number of benzene rings is 2. The van der Waals surface area contributed by atoms with Crippen LogP contribution in [0.2, 0.25) is 0 Å². The van der Waals surface area contributed by atoms with Gasteiger partial charge in [-0.05, 0) is 48.5 Å². The average Bonchev–Trinajstić information content (AvgIpc) is 2.32. The Balaban J connectivity index is 2.13. The molecule has 0 saturated heterocycles. The van der Waals surface area contributed by atoms with Crippen molar-refractivity contribution in [1.29, 1.82) is 0 Å². The van der Waals surface area contributed by atoms with Crippen LogP contribution in [0.15, 0.2) is 48.5 Å². The fourth-order valence-electron chi connectivity index (χ4n) is 1.38. The van der Waals surface area contributed by atoms with E-state index in [1.54, 1.807) is 24.3 Å². The van der Waals surface area contributed by atoms with E-state index in [1.165, 1.54) is 12.1 Å². The molecule has 18 heavy (non-hydrogen) atoms. The first-order valence-electron chi connectivity index (χ1n) is 5.16. The van der Waals surface area contributed by atoms with Crippen molar-refractivity contribution in [2.24, 2.45) is 0 Å². The lowest BCUT2D eigenvalue weighted by Crippen LogP contribution is -2.03. The minimum absolute atomic E-state index is 0.341. The minimum Gasteiger partial charge on any atom is -0.457 e. The first-order valence-corrected chi connectivity index (χ1v) is 5.16. The summed E-state index contributed by atoms with van der Waals surface area (Å²) in [6, 6.07) is 11.1. The normalized spacial score (nSPS) is 11.3. The number of hydrogen-bond acceptors (Lipinski definition) is 2. The van der Waals surface area contributed by atoms with Gasteiger partial charge < -0.3 is 10.5 Å². The molecule has 0 heterocycles. The van der Waals surface area contributed by atoms with Crippen molar-refractivity contribution in [3.8, 4) is 11.5 Å². The Labute approximate surface area is 102 Å². The summed E-state index contributed by atoms with van der Waals surface area (Å²) < 4.78 is 42.4. The van der Waals surface area contributed by atoms with E-state index in [1.807, 2.05) is 0 Å². The molecule has 2 aromatic carbocycles. The molecule has 0 aliphatic heterocycles. The zero-order valence-electron chi connectivity index (χ0n) is 9.24. The Bertz CT molecular complexity index is 517. The van der Waals surface area contributed by atoms with Crippen molar-refractivity contribution in [1.82, 2.24) is 0 Å². The van der Waals surface area contributed by atoms with Gasteiger partial charge in [0.1, 0.15) is 11.5 Å². The molecular weight excluding hydrogens is 243 g/mol. The van der Waals surface area contributed by atoms with Crippen molar-refractivity contribution >= 4 is 5.69 Å². The second-order valence-corrected chi connectivity index (χ2v) is 3.69. The molecule has 2 nitrogen and oxygen atoms in total. The van der Waals surface area contributed by atoms with Crippen molar-refractivity contribution in [3.05, 3.63) is 54.1 Å². The molecular formula is C13H10F3NO. The van der Waals surface area contributed by atoms with Crippen molar-refractivity contribution < 1.29 is 17.9 Å². The number of hydrogen-bond donors (Lipinski definition) is 1. The summed E-state index contributed by atoms with van der Waals surface area (Å²) in [6.07, 6.45) is -4.33. The Morgan fingerprint density at radius 2 is 1.22 bits per heavy atom. The van der Waals surface area contributed by atoms with Gasteiger partial charge in [0.05, 0.1) is 5.56 Å². The molecule has 0 bridgehead atoms. The number of nitrogen functional groups attached to an aromatic ring is 1. The van der Waals surface area contributed by atoms with Gasteiger partial charge >= 0.3 is 6.18 Å². The second kappa shape index (κ2) is 4.60. The van der Waals surface area contributed by atoms with E-state index in [0.717, 1.165) is 12.1 Å². The third-order valence-electron chi connectivity index (χ3n) is 2.30. The molecule has 0 saturated carbocycles. The van der Waals surface area contributed by atoms with Crippen molar-refractivity contribution in [3.63, 3.8) is 0 Å². The largest absolute Gasteiger partial charge is 0.457 e. The standard InChI is InChI=1S/C13H10F3NO/c14-13(15,16)9-1-5-11(6-2-9)18-12-7-3-10(17)4-8-12/h1-8H,17H2. The predicted molar refractivity (Wildman–Crippen MR) is 62.4 cm³/mol. The molecule has 2 aromatic rings. The van der Waals surface area contributed by atoms with Gasteiger partial charge in [-0.15, -0.1) is 0 Å². The minimum atomic E-state index is -4.33. The zero-order chi connectivity index (χ0) is 13.2. The summed E-state index contributed by atoms with van der Waals surface area (Å²) in [5, 5.41) is 0. The Kier molecular flexibility index (Phi) is 3.14. The van der Waals surface area contributed by atoms with E-state index in [4.69, 9.17) is 10.5 Å². The van der Waals surface area contributed by atoms with E-state index < -0.39 is 11.7 Å². The topological polar surface area (TPSA) is 35.2 Å². The van der Waals surface area contributed by atoms with Gasteiger partial charge in [0, 0.05) is 5.69 Å². The summed E-state index contributed by atoms with van der Waals surface area (Å²) in [6.45, 7) is 0. The van der Waals surface area contributed by atoms with Crippen LogP contribution in [0.25, 0.3) is 0 Å². The Hall–Kier alpha value is -2.17. The van der Waals surface area contributed by atoms with E-state index in [9.17, 15) is 13.2 Å².